The summed E-state index contributed by atoms with van der Waals surface area (Å²) < 4.78 is 41.4. The Labute approximate surface area is 357 Å². The lowest BCUT2D eigenvalue weighted by Crippen LogP contribution is -2.27. The van der Waals surface area contributed by atoms with E-state index in [4.69, 9.17) is 37.9 Å². The number of unbranched alkanes of at least 4 members (excludes halogenated alkanes) is 4. The monoisotopic (exact) mass is 1010 g/mol. The van der Waals surface area contributed by atoms with Gasteiger partial charge in [-0.15, -0.1) is 0 Å². The van der Waals surface area contributed by atoms with Crippen LogP contribution in [0.4, 0.5) is 0 Å². The molecule has 14 nitrogen and oxygen atoms in total. The summed E-state index contributed by atoms with van der Waals surface area (Å²) in [5, 5.41) is 0. The van der Waals surface area contributed by atoms with Crippen molar-refractivity contribution in [1.82, 2.24) is 0 Å². The van der Waals surface area contributed by atoms with E-state index in [-0.39, 0.29) is 65.7 Å². The first-order valence-corrected chi connectivity index (χ1v) is 22.6. The molecule has 2 unspecified atom stereocenters. The predicted molar refractivity (Wildman–Crippen MR) is 225 cm³/mol. The molecule has 0 radical (unpaired) electrons. The predicted octanol–water partition coefficient (Wildman–Crippen LogP) is 6.91. The Hall–Kier alpha value is -3.36. The van der Waals surface area contributed by atoms with Gasteiger partial charge in [0.1, 0.15) is 13.2 Å². The van der Waals surface area contributed by atoms with Gasteiger partial charge < -0.3 is 37.9 Å². The summed E-state index contributed by atoms with van der Waals surface area (Å²) in [5.74, 6) is -3.21. The Morgan fingerprint density at radius 1 is 0.446 bits per heavy atom. The molecule has 0 aliphatic carbocycles. The van der Waals surface area contributed by atoms with Crippen molar-refractivity contribution in [3.63, 3.8) is 0 Å². The van der Waals surface area contributed by atoms with Gasteiger partial charge in [0.15, 0.2) is 12.2 Å². The minimum atomic E-state index is -1.06. The third-order valence-electron chi connectivity index (χ3n) is 7.13. The summed E-state index contributed by atoms with van der Waals surface area (Å²) in [6.07, 6.45) is 1.68. The molecule has 2 aromatic carbocycles. The first-order valence-electron chi connectivity index (χ1n) is 18.2. The maximum absolute atomic E-state index is 12.1. The van der Waals surface area contributed by atoms with Crippen molar-refractivity contribution in [3.8, 4) is 0 Å². The first-order chi connectivity index (χ1) is 27.2. The quantitative estimate of drug-likeness (QED) is 0.0297. The number of hydrogen-bond acceptors (Lipinski definition) is 14. The van der Waals surface area contributed by atoms with Gasteiger partial charge in [0.05, 0.1) is 50.8 Å². The lowest BCUT2D eigenvalue weighted by atomic mass is 10.2. The molecule has 2 atom stereocenters. The third-order valence-corrected chi connectivity index (χ3v) is 7.13. The first kappa shape index (κ1) is 52.6. The van der Waals surface area contributed by atoms with Crippen molar-refractivity contribution in [3.05, 3.63) is 71.8 Å². The van der Waals surface area contributed by atoms with E-state index >= 15 is 0 Å². The Morgan fingerprint density at radius 2 is 0.786 bits per heavy atom. The lowest BCUT2D eigenvalue weighted by Gasteiger charge is -2.13. The van der Waals surface area contributed by atoms with Crippen LogP contribution in [-0.4, -0.2) is 111 Å². The van der Waals surface area contributed by atoms with Crippen LogP contribution in [0.3, 0.4) is 0 Å². The molecule has 0 saturated carbocycles. The van der Waals surface area contributed by atoms with Crippen molar-refractivity contribution in [2.75, 3.05) is 62.7 Å². The summed E-state index contributed by atoms with van der Waals surface area (Å²) in [7, 11) is 0. The van der Waals surface area contributed by atoms with Crippen molar-refractivity contribution in [2.24, 2.45) is 0 Å². The average Bonchev–Trinajstić information content (AvgIpc) is 3.22. The van der Waals surface area contributed by atoms with Crippen LogP contribution in [0.15, 0.2) is 60.7 Å². The number of alkyl halides is 2. The van der Waals surface area contributed by atoms with E-state index in [0.717, 1.165) is 0 Å². The van der Waals surface area contributed by atoms with Crippen molar-refractivity contribution >= 4 is 81.0 Å². The normalized spacial score (nSPS) is 11.2. The lowest BCUT2D eigenvalue weighted by molar-refractivity contribution is -0.168. The van der Waals surface area contributed by atoms with Crippen LogP contribution in [-0.2, 0) is 57.1 Å². The molecule has 0 heterocycles. The molecule has 0 fully saturated rings. The number of benzene rings is 2. The number of hydrogen-bond donors (Lipinski definition) is 0. The SMILES string of the molecule is CC(OC(=O)CCCCCOC(=O)c1ccccc1)C(=O)OCCOCCOCCOC(=O)C(C)OC(=O)CCCCCOC(=O)c1ccccc1.CI.CI. The highest BCUT2D eigenvalue weighted by Gasteiger charge is 2.20. The largest absolute Gasteiger partial charge is 0.462 e. The summed E-state index contributed by atoms with van der Waals surface area (Å²) in [4.78, 5) is 75.9. The molecule has 314 valence electrons. The van der Waals surface area contributed by atoms with Gasteiger partial charge in [0.25, 0.3) is 0 Å². The second-order valence-corrected chi connectivity index (χ2v) is 11.4. The van der Waals surface area contributed by atoms with Gasteiger partial charge in [-0.1, -0.05) is 81.6 Å². The Balaban J connectivity index is 0.00000731. The second-order valence-electron chi connectivity index (χ2n) is 11.4. The molecule has 0 bridgehead atoms. The van der Waals surface area contributed by atoms with E-state index in [1.165, 1.54) is 13.8 Å². The van der Waals surface area contributed by atoms with Crippen molar-refractivity contribution in [1.29, 1.82) is 0 Å². The molecule has 2 aromatic rings. The van der Waals surface area contributed by atoms with Gasteiger partial charge in [0, 0.05) is 12.8 Å². The Morgan fingerprint density at radius 3 is 1.14 bits per heavy atom. The van der Waals surface area contributed by atoms with E-state index in [0.29, 0.717) is 49.7 Å². The maximum Gasteiger partial charge on any atom is 0.347 e. The van der Waals surface area contributed by atoms with Crippen molar-refractivity contribution < 1.29 is 66.7 Å². The summed E-state index contributed by atoms with van der Waals surface area (Å²) >= 11 is 4.30. The standard InChI is InChI=1S/C38H50O14.2CH3I/c1-29(51-33(39)19-11-5-13-21-47-37(43)31-15-7-3-8-16-31)35(41)49-27-25-45-23-24-46-26-28-50-36(42)30(2)52-34(40)20-12-6-14-22-48-38(44)32-17-9-4-10-18-32;2*1-2/h3-4,7-10,15-18,29-30H,5-6,11-14,19-28H2,1-2H3;2*1H3. The van der Waals surface area contributed by atoms with E-state index in [2.05, 4.69) is 45.2 Å². The van der Waals surface area contributed by atoms with Gasteiger partial charge in [0.2, 0.25) is 0 Å². The average molecular weight is 1010 g/mol. The molecule has 0 aromatic heterocycles. The number of carbonyl (C=O) groups is 6. The van der Waals surface area contributed by atoms with Crippen LogP contribution in [0, 0.1) is 0 Å². The van der Waals surface area contributed by atoms with Crippen LogP contribution in [0.1, 0.15) is 85.9 Å². The molecule has 0 aliphatic rings. The molecule has 0 amide bonds. The van der Waals surface area contributed by atoms with Gasteiger partial charge in [-0.25, -0.2) is 19.2 Å². The smallest absolute Gasteiger partial charge is 0.347 e. The Bertz CT molecular complexity index is 1260. The van der Waals surface area contributed by atoms with Crippen LogP contribution in [0.5, 0.6) is 0 Å². The molecule has 0 saturated heterocycles. The summed E-state index contributed by atoms with van der Waals surface area (Å²) in [6.45, 7) is 3.86. The molecular formula is C40H56I2O14. The molecular weight excluding hydrogens is 958 g/mol. The Kier molecular flexibility index (Phi) is 33.9. The van der Waals surface area contributed by atoms with Crippen LogP contribution >= 0.6 is 45.2 Å². The van der Waals surface area contributed by atoms with Gasteiger partial charge in [-0.2, -0.15) is 0 Å². The highest BCUT2D eigenvalue weighted by molar-refractivity contribution is 14.1. The maximum atomic E-state index is 12.1. The molecule has 0 N–H and O–H groups in total. The zero-order valence-corrected chi connectivity index (χ0v) is 37.0. The van der Waals surface area contributed by atoms with Crippen LogP contribution in [0.2, 0.25) is 0 Å². The number of halogens is 2. The molecule has 2 rings (SSSR count). The highest BCUT2D eigenvalue weighted by atomic mass is 127. The van der Waals surface area contributed by atoms with E-state index < -0.39 is 48.0 Å². The van der Waals surface area contributed by atoms with E-state index in [9.17, 15) is 28.8 Å². The van der Waals surface area contributed by atoms with Gasteiger partial charge in [-0.05, 0) is 86.5 Å². The topological polar surface area (TPSA) is 176 Å². The fourth-order valence-corrected chi connectivity index (χ4v) is 4.31. The fourth-order valence-electron chi connectivity index (χ4n) is 4.31. The van der Waals surface area contributed by atoms with E-state index in [1.807, 2.05) is 22.0 Å². The van der Waals surface area contributed by atoms with Gasteiger partial charge in [-0.3, -0.25) is 9.59 Å². The molecule has 56 heavy (non-hydrogen) atoms. The van der Waals surface area contributed by atoms with Crippen molar-refractivity contribution in [2.45, 2.75) is 77.4 Å². The minimum absolute atomic E-state index is 0.0408. The van der Waals surface area contributed by atoms with Crippen LogP contribution < -0.4 is 0 Å². The number of rotatable bonds is 27. The third kappa shape index (κ3) is 27.3. The van der Waals surface area contributed by atoms with Crippen LogP contribution in [0.25, 0.3) is 0 Å². The molecule has 0 aliphatic heterocycles. The fraction of sp³-hybridized carbons (Fsp3) is 0.550. The summed E-state index contributed by atoms with van der Waals surface area (Å²) in [6, 6.07) is 17.4. The van der Waals surface area contributed by atoms with E-state index in [1.54, 1.807) is 48.5 Å². The van der Waals surface area contributed by atoms with Gasteiger partial charge >= 0.3 is 35.8 Å². The second kappa shape index (κ2) is 36.0. The molecule has 16 heteroatoms. The molecule has 0 spiro atoms. The number of carbonyl (C=O) groups excluding carboxylic acids is 6. The summed E-state index contributed by atoms with van der Waals surface area (Å²) in [5.41, 5.74) is 0.968. The zero-order chi connectivity index (χ0) is 41.8. The zero-order valence-electron chi connectivity index (χ0n) is 32.7. The number of ether oxygens (including phenoxy) is 8. The minimum Gasteiger partial charge on any atom is -0.462 e. The number of esters is 6. The highest BCUT2D eigenvalue weighted by Crippen LogP contribution is 2.08.